The van der Waals surface area contributed by atoms with Crippen molar-refractivity contribution in [3.63, 3.8) is 0 Å². The fourth-order valence-corrected chi connectivity index (χ4v) is 2.10. The highest BCUT2D eigenvalue weighted by molar-refractivity contribution is 5.32. The Morgan fingerprint density at radius 2 is 1.82 bits per heavy atom. The van der Waals surface area contributed by atoms with Gasteiger partial charge in [-0.05, 0) is 18.4 Å². The second kappa shape index (κ2) is 6.71. The third kappa shape index (κ3) is 3.33. The molecule has 17 heavy (non-hydrogen) atoms. The standard InChI is InChI=1S/C15H18N2/c1-2-3-10-15(13-17,11-7-12-16)14-8-5-4-6-9-14/h4-6,8-9H,2-3,7,10-11H2,1H3/t15-/m1/s1. The van der Waals surface area contributed by atoms with Gasteiger partial charge in [0.25, 0.3) is 0 Å². The molecule has 0 N–H and O–H groups in total. The van der Waals surface area contributed by atoms with Crippen LogP contribution >= 0.6 is 0 Å². The molecule has 0 saturated carbocycles. The highest BCUT2D eigenvalue weighted by Crippen LogP contribution is 2.34. The molecule has 2 nitrogen and oxygen atoms in total. The molecule has 1 rings (SSSR count). The van der Waals surface area contributed by atoms with E-state index in [1.54, 1.807) is 0 Å². The van der Waals surface area contributed by atoms with Crippen LogP contribution in [0.5, 0.6) is 0 Å². The first kappa shape index (κ1) is 13.3. The molecule has 1 aromatic carbocycles. The van der Waals surface area contributed by atoms with Crippen LogP contribution in [0.3, 0.4) is 0 Å². The van der Waals surface area contributed by atoms with Gasteiger partial charge in [-0.25, -0.2) is 0 Å². The van der Waals surface area contributed by atoms with E-state index < -0.39 is 5.41 Å². The van der Waals surface area contributed by atoms with E-state index in [1.165, 1.54) is 0 Å². The molecule has 1 atom stereocenters. The average molecular weight is 226 g/mol. The molecule has 0 aliphatic heterocycles. The van der Waals surface area contributed by atoms with E-state index in [4.69, 9.17) is 5.26 Å². The van der Waals surface area contributed by atoms with Crippen molar-refractivity contribution in [2.45, 2.75) is 44.4 Å². The van der Waals surface area contributed by atoms with Crippen LogP contribution in [0.1, 0.15) is 44.6 Å². The van der Waals surface area contributed by atoms with Crippen molar-refractivity contribution in [2.75, 3.05) is 0 Å². The van der Waals surface area contributed by atoms with E-state index in [0.717, 1.165) is 24.8 Å². The lowest BCUT2D eigenvalue weighted by Crippen LogP contribution is -2.24. The summed E-state index contributed by atoms with van der Waals surface area (Å²) in [5.74, 6) is 0. The predicted octanol–water partition coefficient (Wildman–Crippen LogP) is 3.94. The van der Waals surface area contributed by atoms with Crippen molar-refractivity contribution in [1.82, 2.24) is 0 Å². The van der Waals surface area contributed by atoms with Crippen molar-refractivity contribution in [2.24, 2.45) is 0 Å². The summed E-state index contributed by atoms with van der Waals surface area (Å²) in [7, 11) is 0. The van der Waals surface area contributed by atoms with Gasteiger partial charge in [0.05, 0.1) is 17.6 Å². The van der Waals surface area contributed by atoms with E-state index in [2.05, 4.69) is 19.1 Å². The Morgan fingerprint density at radius 3 is 2.35 bits per heavy atom. The fourth-order valence-electron chi connectivity index (χ4n) is 2.10. The SMILES string of the molecule is CCCC[C@](C#N)(CCC#N)c1ccccc1. The Labute approximate surface area is 104 Å². The highest BCUT2D eigenvalue weighted by atomic mass is 14.4. The van der Waals surface area contributed by atoms with Crippen molar-refractivity contribution in [3.05, 3.63) is 35.9 Å². The molecule has 0 fully saturated rings. The van der Waals surface area contributed by atoms with Crippen LogP contribution in [0.4, 0.5) is 0 Å². The van der Waals surface area contributed by atoms with E-state index in [0.29, 0.717) is 12.8 Å². The second-order valence-corrected chi connectivity index (χ2v) is 4.32. The van der Waals surface area contributed by atoms with Gasteiger partial charge in [0, 0.05) is 6.42 Å². The lowest BCUT2D eigenvalue weighted by atomic mass is 9.74. The molecule has 0 aliphatic rings. The zero-order valence-corrected chi connectivity index (χ0v) is 10.3. The van der Waals surface area contributed by atoms with Gasteiger partial charge in [0.15, 0.2) is 0 Å². The van der Waals surface area contributed by atoms with Crippen molar-refractivity contribution >= 4 is 0 Å². The zero-order chi connectivity index (χ0) is 12.6. The van der Waals surface area contributed by atoms with Crippen molar-refractivity contribution < 1.29 is 0 Å². The molecule has 1 aromatic rings. The third-order valence-corrected chi connectivity index (χ3v) is 3.16. The van der Waals surface area contributed by atoms with Crippen LogP contribution < -0.4 is 0 Å². The van der Waals surface area contributed by atoms with Gasteiger partial charge in [-0.2, -0.15) is 10.5 Å². The second-order valence-electron chi connectivity index (χ2n) is 4.32. The maximum absolute atomic E-state index is 9.52. The van der Waals surface area contributed by atoms with Crippen molar-refractivity contribution in [3.8, 4) is 12.1 Å². The highest BCUT2D eigenvalue weighted by Gasteiger charge is 2.30. The Morgan fingerprint density at radius 1 is 1.12 bits per heavy atom. The van der Waals surface area contributed by atoms with Crippen LogP contribution in [0.15, 0.2) is 30.3 Å². The first-order valence-electron chi connectivity index (χ1n) is 6.13. The van der Waals surface area contributed by atoms with Gasteiger partial charge in [-0.3, -0.25) is 0 Å². The Hall–Kier alpha value is -1.80. The lowest BCUT2D eigenvalue weighted by Gasteiger charge is -2.26. The van der Waals surface area contributed by atoms with Crippen LogP contribution in [-0.4, -0.2) is 0 Å². The van der Waals surface area contributed by atoms with E-state index in [1.807, 2.05) is 30.3 Å². The number of unbranched alkanes of at least 4 members (excludes halogenated alkanes) is 1. The summed E-state index contributed by atoms with van der Waals surface area (Å²) in [6, 6.07) is 14.5. The molecule has 0 saturated heterocycles. The molecule has 0 aliphatic carbocycles. The molecule has 0 spiro atoms. The lowest BCUT2D eigenvalue weighted by molar-refractivity contribution is 0.451. The van der Waals surface area contributed by atoms with Crippen molar-refractivity contribution in [1.29, 1.82) is 10.5 Å². The van der Waals surface area contributed by atoms with Crippen LogP contribution in [0.2, 0.25) is 0 Å². The average Bonchev–Trinajstić information content (AvgIpc) is 2.41. The normalized spacial score (nSPS) is 13.4. The largest absolute Gasteiger partial charge is 0.198 e. The van der Waals surface area contributed by atoms with Gasteiger partial charge in [-0.1, -0.05) is 50.1 Å². The maximum atomic E-state index is 9.52. The molecule has 0 bridgehead atoms. The smallest absolute Gasteiger partial charge is 0.0832 e. The number of hydrogen-bond donors (Lipinski definition) is 0. The molecular weight excluding hydrogens is 208 g/mol. The molecule has 0 aromatic heterocycles. The minimum absolute atomic E-state index is 0.437. The van der Waals surface area contributed by atoms with Crippen LogP contribution in [0.25, 0.3) is 0 Å². The molecule has 0 amide bonds. The summed E-state index contributed by atoms with van der Waals surface area (Å²) in [4.78, 5) is 0. The fraction of sp³-hybridized carbons (Fsp3) is 0.467. The molecule has 0 unspecified atom stereocenters. The summed E-state index contributed by atoms with van der Waals surface area (Å²) in [5.41, 5.74) is 0.568. The number of nitrogens with zero attached hydrogens (tertiary/aromatic N) is 2. The molecule has 2 heteroatoms. The summed E-state index contributed by atoms with van der Waals surface area (Å²) in [6.45, 7) is 2.12. The first-order valence-corrected chi connectivity index (χ1v) is 6.13. The Balaban J connectivity index is 2.99. The molecule has 0 radical (unpaired) electrons. The van der Waals surface area contributed by atoms with Gasteiger partial charge < -0.3 is 0 Å². The molecule has 0 heterocycles. The van der Waals surface area contributed by atoms with Gasteiger partial charge in [-0.15, -0.1) is 0 Å². The third-order valence-electron chi connectivity index (χ3n) is 3.16. The first-order chi connectivity index (χ1) is 8.29. The minimum atomic E-state index is -0.479. The molecular formula is C15H18N2. The Kier molecular flexibility index (Phi) is 5.24. The minimum Gasteiger partial charge on any atom is -0.198 e. The number of rotatable bonds is 6. The topological polar surface area (TPSA) is 47.6 Å². The van der Waals surface area contributed by atoms with Gasteiger partial charge in [0.1, 0.15) is 0 Å². The monoisotopic (exact) mass is 226 g/mol. The van der Waals surface area contributed by atoms with Crippen LogP contribution in [-0.2, 0) is 5.41 Å². The van der Waals surface area contributed by atoms with Gasteiger partial charge >= 0.3 is 0 Å². The molecule has 88 valence electrons. The summed E-state index contributed by atoms with van der Waals surface area (Å²) >= 11 is 0. The van der Waals surface area contributed by atoms with E-state index in [9.17, 15) is 5.26 Å². The number of nitriles is 2. The zero-order valence-electron chi connectivity index (χ0n) is 10.3. The summed E-state index contributed by atoms with van der Waals surface area (Å²) < 4.78 is 0. The predicted molar refractivity (Wildman–Crippen MR) is 68.1 cm³/mol. The Bertz CT molecular complexity index is 411. The van der Waals surface area contributed by atoms with Gasteiger partial charge in [0.2, 0.25) is 0 Å². The van der Waals surface area contributed by atoms with E-state index >= 15 is 0 Å². The maximum Gasteiger partial charge on any atom is 0.0832 e. The quantitative estimate of drug-likeness (QED) is 0.737. The van der Waals surface area contributed by atoms with Crippen LogP contribution in [0, 0.1) is 22.7 Å². The van der Waals surface area contributed by atoms with E-state index in [-0.39, 0.29) is 0 Å². The number of benzene rings is 1. The summed E-state index contributed by atoms with van der Waals surface area (Å²) in [5, 5.41) is 18.3. The summed E-state index contributed by atoms with van der Waals surface area (Å²) in [6.07, 6.45) is 4.00. The number of hydrogen-bond acceptors (Lipinski definition) is 2.